The first-order valence-electron chi connectivity index (χ1n) is 4.81. The van der Waals surface area contributed by atoms with Crippen molar-refractivity contribution in [3.63, 3.8) is 0 Å². The van der Waals surface area contributed by atoms with Gasteiger partial charge < -0.3 is 24.4 Å². The number of hydrogen-bond donors (Lipinski definition) is 2. The van der Waals surface area contributed by atoms with E-state index in [1.807, 2.05) is 0 Å². The standard InChI is InChI=1S/C9H14O5/c1-8(2)13-6-7(14-8)12-5-4(11)9(5,6)3-10/h4-7,10-11H,3H2,1-2H3/t4?,5-,6+,7-,9+/m1/s1. The van der Waals surface area contributed by atoms with Crippen LogP contribution in [-0.4, -0.2) is 47.2 Å². The average molecular weight is 202 g/mol. The molecule has 1 saturated carbocycles. The molecule has 2 saturated heterocycles. The van der Waals surface area contributed by atoms with Gasteiger partial charge in [0.15, 0.2) is 12.1 Å². The smallest absolute Gasteiger partial charge is 0.188 e. The molecule has 2 heterocycles. The van der Waals surface area contributed by atoms with E-state index in [4.69, 9.17) is 14.2 Å². The molecule has 80 valence electrons. The summed E-state index contributed by atoms with van der Waals surface area (Å²) in [5.74, 6) is -0.690. The van der Waals surface area contributed by atoms with Gasteiger partial charge in [0.25, 0.3) is 0 Å². The van der Waals surface area contributed by atoms with Crippen molar-refractivity contribution in [3.05, 3.63) is 0 Å². The van der Waals surface area contributed by atoms with Gasteiger partial charge in [-0.15, -0.1) is 0 Å². The maximum atomic E-state index is 9.59. The Morgan fingerprint density at radius 2 is 1.93 bits per heavy atom. The number of rotatable bonds is 1. The van der Waals surface area contributed by atoms with Crippen LogP contribution in [0.2, 0.25) is 0 Å². The molecule has 0 aromatic rings. The van der Waals surface area contributed by atoms with Crippen LogP contribution in [-0.2, 0) is 14.2 Å². The molecule has 5 atom stereocenters. The van der Waals surface area contributed by atoms with Crippen molar-refractivity contribution in [1.82, 2.24) is 0 Å². The predicted octanol–water partition coefficient (Wildman–Crippen LogP) is -0.784. The van der Waals surface area contributed by atoms with Crippen molar-refractivity contribution in [1.29, 1.82) is 0 Å². The van der Waals surface area contributed by atoms with Crippen molar-refractivity contribution < 1.29 is 24.4 Å². The zero-order valence-corrected chi connectivity index (χ0v) is 8.14. The Hall–Kier alpha value is -0.200. The van der Waals surface area contributed by atoms with Gasteiger partial charge in [0.1, 0.15) is 12.2 Å². The molecule has 0 aromatic carbocycles. The lowest BCUT2D eigenvalue weighted by atomic mass is 10.0. The minimum atomic E-state index is -0.690. The molecule has 0 amide bonds. The van der Waals surface area contributed by atoms with Gasteiger partial charge in [-0.25, -0.2) is 0 Å². The molecule has 0 aromatic heterocycles. The van der Waals surface area contributed by atoms with E-state index in [1.54, 1.807) is 13.8 Å². The Balaban J connectivity index is 1.88. The summed E-state index contributed by atoms with van der Waals surface area (Å²) in [6.07, 6.45) is -1.72. The molecule has 0 radical (unpaired) electrons. The van der Waals surface area contributed by atoms with Gasteiger partial charge in [-0.2, -0.15) is 0 Å². The number of aliphatic hydroxyl groups excluding tert-OH is 2. The van der Waals surface area contributed by atoms with Gasteiger partial charge in [0.2, 0.25) is 0 Å². The summed E-state index contributed by atoms with van der Waals surface area (Å²) in [4.78, 5) is 0. The Labute approximate surface area is 81.6 Å². The van der Waals surface area contributed by atoms with Crippen molar-refractivity contribution >= 4 is 0 Å². The minimum Gasteiger partial charge on any atom is -0.395 e. The summed E-state index contributed by atoms with van der Waals surface area (Å²) in [5.41, 5.74) is -0.640. The molecule has 1 aliphatic carbocycles. The minimum absolute atomic E-state index is 0.126. The zero-order valence-electron chi connectivity index (χ0n) is 8.14. The number of aliphatic hydroxyl groups is 2. The molecule has 3 fully saturated rings. The molecule has 3 rings (SSSR count). The van der Waals surface area contributed by atoms with Crippen molar-refractivity contribution in [2.75, 3.05) is 6.61 Å². The van der Waals surface area contributed by atoms with Gasteiger partial charge in [-0.1, -0.05) is 0 Å². The maximum Gasteiger partial charge on any atom is 0.188 e. The van der Waals surface area contributed by atoms with Crippen LogP contribution in [0.15, 0.2) is 0 Å². The third-order valence-corrected chi connectivity index (χ3v) is 3.40. The van der Waals surface area contributed by atoms with E-state index in [0.29, 0.717) is 0 Å². The van der Waals surface area contributed by atoms with Crippen LogP contribution < -0.4 is 0 Å². The lowest BCUT2D eigenvalue weighted by Gasteiger charge is -2.20. The van der Waals surface area contributed by atoms with Crippen LogP contribution in [0.25, 0.3) is 0 Å². The van der Waals surface area contributed by atoms with Crippen LogP contribution in [0.1, 0.15) is 13.8 Å². The molecule has 5 heteroatoms. The normalized spacial score (nSPS) is 58.3. The first-order chi connectivity index (χ1) is 6.51. The molecular formula is C9H14O5. The van der Waals surface area contributed by atoms with Crippen LogP contribution in [0.3, 0.4) is 0 Å². The molecule has 2 N–H and O–H groups in total. The Kier molecular flexibility index (Phi) is 1.49. The van der Waals surface area contributed by atoms with Crippen LogP contribution in [0, 0.1) is 5.41 Å². The van der Waals surface area contributed by atoms with E-state index in [1.165, 1.54) is 0 Å². The summed E-state index contributed by atoms with van der Waals surface area (Å²) in [7, 11) is 0. The molecule has 5 nitrogen and oxygen atoms in total. The fraction of sp³-hybridized carbons (Fsp3) is 1.00. The van der Waals surface area contributed by atoms with Gasteiger partial charge in [0.05, 0.1) is 18.1 Å². The molecule has 0 spiro atoms. The van der Waals surface area contributed by atoms with Crippen molar-refractivity contribution in [2.45, 2.75) is 44.2 Å². The first-order valence-corrected chi connectivity index (χ1v) is 4.81. The summed E-state index contributed by atoms with van der Waals surface area (Å²) in [5, 5.41) is 18.9. The largest absolute Gasteiger partial charge is 0.395 e. The van der Waals surface area contributed by atoms with E-state index in [-0.39, 0.29) is 18.8 Å². The molecule has 3 aliphatic rings. The summed E-state index contributed by atoms with van der Waals surface area (Å²) < 4.78 is 16.6. The highest BCUT2D eigenvalue weighted by Gasteiger charge is 2.79. The van der Waals surface area contributed by atoms with E-state index >= 15 is 0 Å². The summed E-state index contributed by atoms with van der Waals surface area (Å²) in [6, 6.07) is 0. The van der Waals surface area contributed by atoms with E-state index in [2.05, 4.69) is 0 Å². The number of hydrogen-bond acceptors (Lipinski definition) is 5. The second-order valence-corrected chi connectivity index (χ2v) is 4.70. The average Bonchev–Trinajstić information content (AvgIpc) is 2.37. The van der Waals surface area contributed by atoms with Gasteiger partial charge >= 0.3 is 0 Å². The third-order valence-electron chi connectivity index (χ3n) is 3.40. The van der Waals surface area contributed by atoms with Gasteiger partial charge in [0, 0.05) is 0 Å². The first kappa shape index (κ1) is 9.06. The third kappa shape index (κ3) is 0.827. The molecule has 1 unspecified atom stereocenters. The zero-order chi connectivity index (χ0) is 10.1. The second-order valence-electron chi connectivity index (χ2n) is 4.70. The number of ether oxygens (including phenoxy) is 3. The fourth-order valence-corrected chi connectivity index (χ4v) is 2.55. The van der Waals surface area contributed by atoms with E-state index in [0.717, 1.165) is 0 Å². The number of fused-ring (bicyclic) bond motifs is 3. The monoisotopic (exact) mass is 202 g/mol. The lowest BCUT2D eigenvalue weighted by molar-refractivity contribution is -0.199. The molecule has 2 aliphatic heterocycles. The van der Waals surface area contributed by atoms with Crippen LogP contribution in [0.4, 0.5) is 0 Å². The lowest BCUT2D eigenvalue weighted by Crippen LogP contribution is -2.34. The SMILES string of the molecule is CC1(C)O[C@H]2O[C@@H]3C(O)[C@]3(CO)[C@H]2O1. The second kappa shape index (κ2) is 2.31. The molecule has 0 bridgehead atoms. The highest BCUT2D eigenvalue weighted by atomic mass is 16.8. The van der Waals surface area contributed by atoms with Crippen molar-refractivity contribution in [2.24, 2.45) is 5.41 Å². The molecular weight excluding hydrogens is 188 g/mol. The Morgan fingerprint density at radius 1 is 1.21 bits per heavy atom. The van der Waals surface area contributed by atoms with Crippen molar-refractivity contribution in [3.8, 4) is 0 Å². The van der Waals surface area contributed by atoms with Gasteiger partial charge in [-0.3, -0.25) is 0 Å². The van der Waals surface area contributed by atoms with Crippen LogP contribution in [0.5, 0.6) is 0 Å². The summed E-state index contributed by atoms with van der Waals surface area (Å²) in [6.45, 7) is 3.46. The predicted molar refractivity (Wildman–Crippen MR) is 44.2 cm³/mol. The van der Waals surface area contributed by atoms with Gasteiger partial charge in [-0.05, 0) is 13.8 Å². The quantitative estimate of drug-likeness (QED) is 0.583. The Morgan fingerprint density at radius 3 is 2.57 bits per heavy atom. The molecule has 14 heavy (non-hydrogen) atoms. The Bertz CT molecular complexity index is 278. The fourth-order valence-electron chi connectivity index (χ4n) is 2.55. The topological polar surface area (TPSA) is 68.2 Å². The van der Waals surface area contributed by atoms with E-state index in [9.17, 15) is 10.2 Å². The highest BCUT2D eigenvalue weighted by molar-refractivity contribution is 5.23. The maximum absolute atomic E-state index is 9.59. The van der Waals surface area contributed by atoms with E-state index < -0.39 is 23.6 Å². The highest BCUT2D eigenvalue weighted by Crippen LogP contribution is 2.62. The van der Waals surface area contributed by atoms with Crippen LogP contribution >= 0.6 is 0 Å². The summed E-state index contributed by atoms with van der Waals surface area (Å²) >= 11 is 0.